The van der Waals surface area contributed by atoms with Crippen LogP contribution in [0.5, 0.6) is 0 Å². The maximum atomic E-state index is 11.9. The van der Waals surface area contributed by atoms with E-state index in [1.807, 2.05) is 18.2 Å². The molecule has 3 N–H and O–H groups in total. The first kappa shape index (κ1) is 20.2. The number of carbonyl (C=O) groups is 1. The highest BCUT2D eigenvalue weighted by molar-refractivity contribution is 5.94. The molecule has 26 heavy (non-hydrogen) atoms. The molecule has 0 radical (unpaired) electrons. The van der Waals surface area contributed by atoms with Crippen LogP contribution in [0, 0.1) is 0 Å². The number of anilines is 1. The summed E-state index contributed by atoms with van der Waals surface area (Å²) in [6, 6.07) is 7.96. The van der Waals surface area contributed by atoms with Gasteiger partial charge >= 0.3 is 0 Å². The number of methoxy groups -OCH3 is 1. The summed E-state index contributed by atoms with van der Waals surface area (Å²) in [5.74, 6) is 0.966. The number of guanidine groups is 1. The molecule has 7 nitrogen and oxygen atoms in total. The first-order chi connectivity index (χ1) is 12.7. The van der Waals surface area contributed by atoms with Crippen molar-refractivity contribution in [3.05, 3.63) is 29.8 Å². The van der Waals surface area contributed by atoms with Gasteiger partial charge in [-0.1, -0.05) is 18.2 Å². The van der Waals surface area contributed by atoms with Gasteiger partial charge in [-0.15, -0.1) is 0 Å². The van der Waals surface area contributed by atoms with Gasteiger partial charge in [0.1, 0.15) is 0 Å². The Morgan fingerprint density at radius 3 is 2.88 bits per heavy atom. The number of para-hydroxylation sites is 1. The summed E-state index contributed by atoms with van der Waals surface area (Å²) in [4.78, 5) is 16.1. The summed E-state index contributed by atoms with van der Waals surface area (Å²) in [5.41, 5.74) is 2.08. The Morgan fingerprint density at radius 1 is 1.23 bits per heavy atom. The van der Waals surface area contributed by atoms with Gasteiger partial charge in [-0.2, -0.15) is 0 Å². The number of nitrogens with zero attached hydrogens (tertiary/aromatic N) is 1. The first-order valence-corrected chi connectivity index (χ1v) is 9.14. The second-order valence-corrected chi connectivity index (χ2v) is 6.23. The zero-order valence-electron chi connectivity index (χ0n) is 15.7. The molecule has 0 fully saturated rings. The lowest BCUT2D eigenvalue weighted by Crippen LogP contribution is -2.41. The van der Waals surface area contributed by atoms with E-state index in [0.29, 0.717) is 26.2 Å². The Balaban J connectivity index is 1.68. The smallest absolute Gasteiger partial charge is 0.225 e. The molecule has 1 aliphatic rings. The predicted molar refractivity (Wildman–Crippen MR) is 104 cm³/mol. The Labute approximate surface area is 155 Å². The van der Waals surface area contributed by atoms with Crippen LogP contribution in [0.15, 0.2) is 29.3 Å². The number of aliphatic imine (C=N–C) groups is 1. The van der Waals surface area contributed by atoms with Crippen molar-refractivity contribution in [3.63, 3.8) is 0 Å². The monoisotopic (exact) mass is 362 g/mol. The Morgan fingerprint density at radius 2 is 2.08 bits per heavy atom. The Bertz CT molecular complexity index is 592. The van der Waals surface area contributed by atoms with Gasteiger partial charge in [0.2, 0.25) is 5.91 Å². The zero-order chi connectivity index (χ0) is 18.6. The van der Waals surface area contributed by atoms with E-state index in [4.69, 9.17) is 9.47 Å². The van der Waals surface area contributed by atoms with E-state index in [0.717, 1.165) is 37.6 Å². The van der Waals surface area contributed by atoms with Crippen LogP contribution in [0.2, 0.25) is 0 Å². The topological polar surface area (TPSA) is 84.0 Å². The number of benzene rings is 1. The third kappa shape index (κ3) is 6.65. The normalized spacial score (nSPS) is 16.8. The quantitative estimate of drug-likeness (QED) is 0.335. The first-order valence-electron chi connectivity index (χ1n) is 9.14. The number of carbonyl (C=O) groups excluding carboxylic acids is 1. The zero-order valence-corrected chi connectivity index (χ0v) is 15.7. The summed E-state index contributed by atoms with van der Waals surface area (Å²) in [6.45, 7) is 3.52. The average molecular weight is 362 g/mol. The van der Waals surface area contributed by atoms with Crippen molar-refractivity contribution in [2.75, 3.05) is 52.4 Å². The summed E-state index contributed by atoms with van der Waals surface area (Å²) < 4.78 is 10.4. The Kier molecular flexibility index (Phi) is 8.92. The number of rotatable bonds is 10. The summed E-state index contributed by atoms with van der Waals surface area (Å²) in [6.07, 6.45) is 2.48. The van der Waals surface area contributed by atoms with E-state index < -0.39 is 0 Å². The number of hydrogen-bond acceptors (Lipinski definition) is 4. The van der Waals surface area contributed by atoms with E-state index in [1.54, 1.807) is 14.2 Å². The van der Waals surface area contributed by atoms with Crippen LogP contribution in [0.25, 0.3) is 0 Å². The predicted octanol–water partition coefficient (Wildman–Crippen LogP) is 1.72. The van der Waals surface area contributed by atoms with Crippen LogP contribution in [-0.2, 0) is 14.3 Å². The number of nitrogens with one attached hydrogen (secondary N) is 3. The molecular weight excluding hydrogens is 332 g/mol. The van der Waals surface area contributed by atoms with Crippen LogP contribution in [0.1, 0.15) is 30.7 Å². The number of ether oxygens (including phenoxy) is 2. The molecule has 7 heteroatoms. The number of hydrogen-bond donors (Lipinski definition) is 3. The molecule has 0 saturated heterocycles. The van der Waals surface area contributed by atoms with Gasteiger partial charge in [-0.3, -0.25) is 9.79 Å². The van der Waals surface area contributed by atoms with Gasteiger partial charge < -0.3 is 25.4 Å². The number of amides is 1. The fourth-order valence-corrected chi connectivity index (χ4v) is 2.90. The van der Waals surface area contributed by atoms with Crippen LogP contribution in [0.3, 0.4) is 0 Å². The molecule has 1 aromatic carbocycles. The molecule has 2 rings (SSSR count). The van der Waals surface area contributed by atoms with Crippen LogP contribution in [0.4, 0.5) is 5.69 Å². The minimum absolute atomic E-state index is 0.0620. The van der Waals surface area contributed by atoms with Crippen molar-refractivity contribution in [1.82, 2.24) is 10.6 Å². The summed E-state index contributed by atoms with van der Waals surface area (Å²) in [5, 5.41) is 9.56. The van der Waals surface area contributed by atoms with Crippen molar-refractivity contribution in [2.24, 2.45) is 4.99 Å². The van der Waals surface area contributed by atoms with Crippen molar-refractivity contribution in [3.8, 4) is 0 Å². The third-order valence-corrected chi connectivity index (χ3v) is 4.29. The van der Waals surface area contributed by atoms with E-state index in [9.17, 15) is 4.79 Å². The molecule has 1 aliphatic heterocycles. The highest BCUT2D eigenvalue weighted by Crippen LogP contribution is 2.31. The molecule has 0 aromatic heterocycles. The number of unbranched alkanes of at least 4 members (excludes halogenated alkanes) is 1. The van der Waals surface area contributed by atoms with E-state index >= 15 is 0 Å². The fraction of sp³-hybridized carbons (Fsp3) is 0.579. The lowest BCUT2D eigenvalue weighted by molar-refractivity contribution is -0.116. The van der Waals surface area contributed by atoms with Gasteiger partial charge in [0, 0.05) is 51.9 Å². The van der Waals surface area contributed by atoms with Gasteiger partial charge in [-0.25, -0.2) is 0 Å². The Hall–Kier alpha value is -2.12. The van der Waals surface area contributed by atoms with Crippen molar-refractivity contribution in [2.45, 2.75) is 25.2 Å². The highest BCUT2D eigenvalue weighted by atomic mass is 16.5. The maximum Gasteiger partial charge on any atom is 0.225 e. The SMILES string of the molecule is CN=C(NCCCCOCCOC)NCC1CC(=O)Nc2ccccc21. The van der Waals surface area contributed by atoms with Gasteiger partial charge in [0.05, 0.1) is 13.2 Å². The molecule has 1 aromatic rings. The summed E-state index contributed by atoms with van der Waals surface area (Å²) in [7, 11) is 3.43. The average Bonchev–Trinajstić information content (AvgIpc) is 2.66. The van der Waals surface area contributed by atoms with Crippen molar-refractivity contribution < 1.29 is 14.3 Å². The molecular formula is C19H30N4O3. The third-order valence-electron chi connectivity index (χ3n) is 4.29. The van der Waals surface area contributed by atoms with Gasteiger partial charge in [-0.05, 0) is 24.5 Å². The van der Waals surface area contributed by atoms with Crippen molar-refractivity contribution >= 4 is 17.6 Å². The molecule has 0 spiro atoms. The molecule has 0 aliphatic carbocycles. The molecule has 1 heterocycles. The summed E-state index contributed by atoms with van der Waals surface area (Å²) >= 11 is 0. The molecule has 144 valence electrons. The van der Waals surface area contributed by atoms with Crippen LogP contribution in [-0.4, -0.2) is 58.9 Å². The maximum absolute atomic E-state index is 11.9. The lowest BCUT2D eigenvalue weighted by Gasteiger charge is -2.26. The second-order valence-electron chi connectivity index (χ2n) is 6.23. The molecule has 0 saturated carbocycles. The fourth-order valence-electron chi connectivity index (χ4n) is 2.90. The van der Waals surface area contributed by atoms with Crippen LogP contribution >= 0.6 is 0 Å². The van der Waals surface area contributed by atoms with Gasteiger partial charge in [0.15, 0.2) is 5.96 Å². The molecule has 1 unspecified atom stereocenters. The minimum atomic E-state index is 0.0620. The highest BCUT2D eigenvalue weighted by Gasteiger charge is 2.24. The minimum Gasteiger partial charge on any atom is -0.382 e. The van der Waals surface area contributed by atoms with E-state index in [1.165, 1.54) is 5.56 Å². The standard InChI is InChI=1S/C19H30N4O3/c1-20-19(21-9-5-6-10-26-12-11-25-2)22-14-15-13-18(24)23-17-8-4-3-7-16(15)17/h3-4,7-8,15H,5-6,9-14H2,1-2H3,(H,23,24)(H2,20,21,22). The molecule has 1 amide bonds. The van der Waals surface area contributed by atoms with Gasteiger partial charge in [0.25, 0.3) is 0 Å². The van der Waals surface area contributed by atoms with E-state index in [-0.39, 0.29) is 11.8 Å². The molecule has 0 bridgehead atoms. The largest absolute Gasteiger partial charge is 0.382 e. The number of fused-ring (bicyclic) bond motifs is 1. The van der Waals surface area contributed by atoms with Crippen LogP contribution < -0.4 is 16.0 Å². The van der Waals surface area contributed by atoms with Crippen molar-refractivity contribution in [1.29, 1.82) is 0 Å². The lowest BCUT2D eigenvalue weighted by atomic mass is 9.90. The second kappa shape index (κ2) is 11.5. The molecule has 1 atom stereocenters. The van der Waals surface area contributed by atoms with E-state index in [2.05, 4.69) is 27.0 Å².